The van der Waals surface area contributed by atoms with Crippen LogP contribution < -0.4 is 0 Å². The summed E-state index contributed by atoms with van der Waals surface area (Å²) in [6, 6.07) is 8.47. The summed E-state index contributed by atoms with van der Waals surface area (Å²) in [5.41, 5.74) is 2.58. The van der Waals surface area contributed by atoms with Crippen molar-refractivity contribution in [1.82, 2.24) is 9.80 Å². The Labute approximate surface area is 125 Å². The van der Waals surface area contributed by atoms with Gasteiger partial charge in [0.1, 0.15) is 0 Å². The number of carbonyl (C=O) groups is 2. The lowest BCUT2D eigenvalue weighted by Gasteiger charge is -2.31. The normalized spacial score (nSPS) is 21.9. The lowest BCUT2D eigenvalue weighted by Crippen LogP contribution is -2.41. The van der Waals surface area contributed by atoms with Crippen LogP contribution in [0.2, 0.25) is 0 Å². The van der Waals surface area contributed by atoms with Gasteiger partial charge in [0, 0.05) is 32.1 Å². The Balaban J connectivity index is 1.69. The average Bonchev–Trinajstić information content (AvgIpc) is 2.88. The van der Waals surface area contributed by atoms with Gasteiger partial charge >= 0.3 is 0 Å². The second-order valence-electron chi connectivity index (χ2n) is 6.32. The predicted octanol–water partition coefficient (Wildman–Crippen LogP) is 1.83. The smallest absolute Gasteiger partial charge is 0.228 e. The van der Waals surface area contributed by atoms with Crippen molar-refractivity contribution in [3.8, 4) is 0 Å². The van der Waals surface area contributed by atoms with Crippen LogP contribution >= 0.6 is 0 Å². The molecule has 0 radical (unpaired) electrons. The van der Waals surface area contributed by atoms with Crippen LogP contribution in [0, 0.1) is 5.92 Å². The quantitative estimate of drug-likeness (QED) is 0.832. The summed E-state index contributed by atoms with van der Waals surface area (Å²) in [7, 11) is 0. The van der Waals surface area contributed by atoms with Crippen molar-refractivity contribution in [3.63, 3.8) is 0 Å². The molecule has 1 atom stereocenters. The predicted molar refractivity (Wildman–Crippen MR) is 80.5 cm³/mol. The van der Waals surface area contributed by atoms with Crippen LogP contribution in [-0.4, -0.2) is 40.7 Å². The van der Waals surface area contributed by atoms with Crippen molar-refractivity contribution >= 4 is 11.8 Å². The Morgan fingerprint density at radius 3 is 2.62 bits per heavy atom. The summed E-state index contributed by atoms with van der Waals surface area (Å²) >= 11 is 0. The van der Waals surface area contributed by atoms with E-state index in [0.29, 0.717) is 19.5 Å². The van der Waals surface area contributed by atoms with Crippen LogP contribution in [0.1, 0.15) is 31.4 Å². The maximum absolute atomic E-state index is 12.7. The van der Waals surface area contributed by atoms with Crippen molar-refractivity contribution in [1.29, 1.82) is 0 Å². The van der Waals surface area contributed by atoms with Crippen molar-refractivity contribution in [2.75, 3.05) is 13.1 Å². The van der Waals surface area contributed by atoms with E-state index in [0.717, 1.165) is 13.0 Å². The number of amides is 2. The number of likely N-dealkylation sites (tertiary alicyclic amines) is 1. The van der Waals surface area contributed by atoms with Gasteiger partial charge in [0.25, 0.3) is 0 Å². The molecule has 0 spiro atoms. The van der Waals surface area contributed by atoms with Crippen LogP contribution in [-0.2, 0) is 22.6 Å². The van der Waals surface area contributed by atoms with Gasteiger partial charge in [-0.2, -0.15) is 0 Å². The minimum atomic E-state index is -0.162. The zero-order valence-electron chi connectivity index (χ0n) is 12.7. The van der Waals surface area contributed by atoms with Crippen molar-refractivity contribution in [2.45, 2.75) is 39.3 Å². The van der Waals surface area contributed by atoms with E-state index in [1.54, 1.807) is 0 Å². The maximum Gasteiger partial charge on any atom is 0.228 e. The van der Waals surface area contributed by atoms with E-state index >= 15 is 0 Å². The molecule has 0 N–H and O–H groups in total. The second-order valence-corrected chi connectivity index (χ2v) is 6.32. The van der Waals surface area contributed by atoms with Gasteiger partial charge in [0.2, 0.25) is 11.8 Å². The van der Waals surface area contributed by atoms with Gasteiger partial charge in [0.05, 0.1) is 5.92 Å². The van der Waals surface area contributed by atoms with E-state index in [-0.39, 0.29) is 23.8 Å². The minimum absolute atomic E-state index is 0.112. The molecule has 2 aliphatic heterocycles. The first-order valence-corrected chi connectivity index (χ1v) is 7.71. The van der Waals surface area contributed by atoms with E-state index in [2.05, 4.69) is 12.1 Å². The first-order chi connectivity index (χ1) is 10.1. The van der Waals surface area contributed by atoms with Crippen LogP contribution in [0.25, 0.3) is 0 Å². The largest absolute Gasteiger partial charge is 0.339 e. The fraction of sp³-hybridized carbons (Fsp3) is 0.529. The fourth-order valence-corrected chi connectivity index (χ4v) is 3.34. The highest BCUT2D eigenvalue weighted by molar-refractivity contribution is 5.89. The molecule has 0 aromatic heterocycles. The highest BCUT2D eigenvalue weighted by Crippen LogP contribution is 2.25. The molecule has 4 nitrogen and oxygen atoms in total. The Bertz CT molecular complexity index is 568. The molecule has 1 aromatic rings. The number of hydrogen-bond donors (Lipinski definition) is 0. The van der Waals surface area contributed by atoms with Crippen molar-refractivity contribution in [2.24, 2.45) is 5.92 Å². The number of benzene rings is 1. The van der Waals surface area contributed by atoms with Gasteiger partial charge in [-0.1, -0.05) is 24.3 Å². The van der Waals surface area contributed by atoms with Gasteiger partial charge in [-0.05, 0) is 31.4 Å². The minimum Gasteiger partial charge on any atom is -0.339 e. The monoisotopic (exact) mass is 286 g/mol. The third kappa shape index (κ3) is 2.67. The van der Waals surface area contributed by atoms with Crippen molar-refractivity contribution < 1.29 is 9.59 Å². The molecule has 0 unspecified atom stereocenters. The van der Waals surface area contributed by atoms with Crippen LogP contribution in [0.3, 0.4) is 0 Å². The van der Waals surface area contributed by atoms with Gasteiger partial charge in [-0.15, -0.1) is 0 Å². The molecule has 3 rings (SSSR count). The Hall–Kier alpha value is -1.84. The summed E-state index contributed by atoms with van der Waals surface area (Å²) < 4.78 is 0. The van der Waals surface area contributed by atoms with E-state index in [1.807, 2.05) is 35.8 Å². The lowest BCUT2D eigenvalue weighted by molar-refractivity contribution is -0.136. The average molecular weight is 286 g/mol. The SMILES string of the molecule is CC(C)N1C[C@H](C(=O)N2CCc3ccccc3C2)CC1=O. The number of rotatable bonds is 2. The third-order valence-electron chi connectivity index (χ3n) is 4.57. The number of nitrogens with zero attached hydrogens (tertiary/aromatic N) is 2. The van der Waals surface area contributed by atoms with E-state index < -0.39 is 0 Å². The molecule has 112 valence electrons. The summed E-state index contributed by atoms with van der Waals surface area (Å²) in [6.07, 6.45) is 1.28. The lowest BCUT2D eigenvalue weighted by atomic mass is 9.98. The van der Waals surface area contributed by atoms with Crippen LogP contribution in [0.4, 0.5) is 0 Å². The standard InChI is InChI=1S/C17H22N2O2/c1-12(2)19-11-15(9-16(19)20)17(21)18-8-7-13-5-3-4-6-14(13)10-18/h3-6,12,15H,7-11H2,1-2H3/t15-/m1/s1. The Kier molecular flexibility index (Phi) is 3.70. The molecule has 2 aliphatic rings. The summed E-state index contributed by atoms with van der Waals surface area (Å²) in [5, 5.41) is 0. The molecule has 2 amide bonds. The Morgan fingerprint density at radius 2 is 1.95 bits per heavy atom. The topological polar surface area (TPSA) is 40.6 Å². The molecule has 0 bridgehead atoms. The third-order valence-corrected chi connectivity index (χ3v) is 4.57. The molecule has 1 aromatic carbocycles. The number of fused-ring (bicyclic) bond motifs is 1. The van der Waals surface area contributed by atoms with Gasteiger partial charge in [-0.25, -0.2) is 0 Å². The Morgan fingerprint density at radius 1 is 1.24 bits per heavy atom. The molecule has 1 fully saturated rings. The maximum atomic E-state index is 12.7. The van der Waals surface area contributed by atoms with E-state index in [1.165, 1.54) is 11.1 Å². The molecular formula is C17H22N2O2. The van der Waals surface area contributed by atoms with Gasteiger partial charge in [0.15, 0.2) is 0 Å². The summed E-state index contributed by atoms with van der Waals surface area (Å²) in [6.45, 7) is 6.03. The molecule has 0 saturated carbocycles. The molecule has 0 aliphatic carbocycles. The fourth-order valence-electron chi connectivity index (χ4n) is 3.34. The van der Waals surface area contributed by atoms with Crippen molar-refractivity contribution in [3.05, 3.63) is 35.4 Å². The highest BCUT2D eigenvalue weighted by Gasteiger charge is 2.38. The van der Waals surface area contributed by atoms with E-state index in [9.17, 15) is 9.59 Å². The van der Waals surface area contributed by atoms with Gasteiger partial charge in [-0.3, -0.25) is 9.59 Å². The van der Waals surface area contributed by atoms with Crippen LogP contribution in [0.15, 0.2) is 24.3 Å². The number of carbonyl (C=O) groups excluding carboxylic acids is 2. The summed E-state index contributed by atoms with van der Waals surface area (Å²) in [5.74, 6) is 0.0897. The molecule has 2 heterocycles. The zero-order chi connectivity index (χ0) is 15.0. The van der Waals surface area contributed by atoms with Gasteiger partial charge < -0.3 is 9.80 Å². The molecule has 4 heteroatoms. The summed E-state index contributed by atoms with van der Waals surface area (Å²) in [4.78, 5) is 28.4. The second kappa shape index (κ2) is 5.51. The molecule has 1 saturated heterocycles. The molecule has 21 heavy (non-hydrogen) atoms. The first kappa shape index (κ1) is 14.1. The highest BCUT2D eigenvalue weighted by atomic mass is 16.2. The molecular weight excluding hydrogens is 264 g/mol. The zero-order valence-corrected chi connectivity index (χ0v) is 12.7. The van der Waals surface area contributed by atoms with E-state index in [4.69, 9.17) is 0 Å². The first-order valence-electron chi connectivity index (χ1n) is 7.71. The van der Waals surface area contributed by atoms with Crippen LogP contribution in [0.5, 0.6) is 0 Å². The number of hydrogen-bond acceptors (Lipinski definition) is 2.